The zero-order chi connectivity index (χ0) is 20.9. The molecule has 1 N–H and O–H groups in total. The Labute approximate surface area is 178 Å². The summed E-state index contributed by atoms with van der Waals surface area (Å²) in [5.41, 5.74) is 3.30. The van der Waals surface area contributed by atoms with Crippen LogP contribution in [0.15, 0.2) is 48.2 Å². The SMILES string of the molecule is Cc1cccc(N2CCN(C(=O)Cc3csc(NC(=O)c4cnccn4)n3)CC2)c1. The average molecular weight is 423 g/mol. The quantitative estimate of drug-likeness (QED) is 0.679. The second-order valence-corrected chi connectivity index (χ2v) is 7.93. The molecule has 1 aliphatic rings. The van der Waals surface area contributed by atoms with Crippen molar-refractivity contribution < 1.29 is 9.59 Å². The van der Waals surface area contributed by atoms with Gasteiger partial charge in [-0.05, 0) is 24.6 Å². The van der Waals surface area contributed by atoms with E-state index < -0.39 is 0 Å². The minimum absolute atomic E-state index is 0.0518. The fourth-order valence-electron chi connectivity index (χ4n) is 3.33. The fourth-order valence-corrected chi connectivity index (χ4v) is 4.03. The third-order valence-corrected chi connectivity index (χ3v) is 5.71. The van der Waals surface area contributed by atoms with Crippen LogP contribution in [0.5, 0.6) is 0 Å². The second kappa shape index (κ2) is 9.00. The highest BCUT2D eigenvalue weighted by molar-refractivity contribution is 7.14. The smallest absolute Gasteiger partial charge is 0.277 e. The third-order valence-electron chi connectivity index (χ3n) is 4.90. The van der Waals surface area contributed by atoms with Gasteiger partial charge in [-0.15, -0.1) is 11.3 Å². The average Bonchev–Trinajstić information content (AvgIpc) is 3.21. The number of thiazole rings is 1. The van der Waals surface area contributed by atoms with Crippen molar-refractivity contribution in [2.45, 2.75) is 13.3 Å². The number of rotatable bonds is 5. The van der Waals surface area contributed by atoms with Crippen LogP contribution in [0.3, 0.4) is 0 Å². The highest BCUT2D eigenvalue weighted by atomic mass is 32.1. The summed E-state index contributed by atoms with van der Waals surface area (Å²) in [5.74, 6) is -0.321. The summed E-state index contributed by atoms with van der Waals surface area (Å²) in [6.07, 6.45) is 4.58. The molecule has 8 nitrogen and oxygen atoms in total. The van der Waals surface area contributed by atoms with Crippen molar-refractivity contribution in [3.63, 3.8) is 0 Å². The molecule has 3 aromatic rings. The van der Waals surface area contributed by atoms with Crippen molar-refractivity contribution in [3.8, 4) is 0 Å². The number of aryl methyl sites for hydroxylation is 1. The van der Waals surface area contributed by atoms with Gasteiger partial charge < -0.3 is 9.80 Å². The number of hydrogen-bond acceptors (Lipinski definition) is 7. The van der Waals surface area contributed by atoms with Gasteiger partial charge in [-0.25, -0.2) is 9.97 Å². The van der Waals surface area contributed by atoms with Crippen LogP contribution in [0, 0.1) is 6.92 Å². The van der Waals surface area contributed by atoms with Crippen LogP contribution >= 0.6 is 11.3 Å². The molecule has 0 saturated carbocycles. The van der Waals surface area contributed by atoms with Gasteiger partial charge in [0.2, 0.25) is 5.91 Å². The van der Waals surface area contributed by atoms with E-state index in [-0.39, 0.29) is 23.9 Å². The van der Waals surface area contributed by atoms with E-state index in [0.29, 0.717) is 23.9 Å². The van der Waals surface area contributed by atoms with Crippen molar-refractivity contribution in [1.82, 2.24) is 19.9 Å². The van der Waals surface area contributed by atoms with E-state index in [2.05, 4.69) is 56.4 Å². The number of anilines is 2. The molecule has 0 atom stereocenters. The lowest BCUT2D eigenvalue weighted by atomic mass is 10.2. The molecule has 1 fully saturated rings. The predicted molar refractivity (Wildman–Crippen MR) is 116 cm³/mol. The Balaban J connectivity index is 1.29. The van der Waals surface area contributed by atoms with Crippen molar-refractivity contribution in [2.75, 3.05) is 36.4 Å². The first kappa shape index (κ1) is 20.0. The van der Waals surface area contributed by atoms with Gasteiger partial charge in [-0.2, -0.15) is 0 Å². The standard InChI is InChI=1S/C21H22N6O2S/c1-15-3-2-4-17(11-15)26-7-9-27(10-8-26)19(28)12-16-14-30-21(24-16)25-20(29)18-13-22-5-6-23-18/h2-6,11,13-14H,7-10,12H2,1H3,(H,24,25,29). The maximum atomic E-state index is 12.7. The zero-order valence-electron chi connectivity index (χ0n) is 16.6. The van der Waals surface area contributed by atoms with Gasteiger partial charge in [0.15, 0.2) is 5.13 Å². The predicted octanol–water partition coefficient (Wildman–Crippen LogP) is 2.39. The molecule has 9 heteroatoms. The summed E-state index contributed by atoms with van der Waals surface area (Å²) in [6, 6.07) is 8.42. The summed E-state index contributed by atoms with van der Waals surface area (Å²) in [6.45, 7) is 5.08. The summed E-state index contributed by atoms with van der Waals surface area (Å²) in [7, 11) is 0. The van der Waals surface area contributed by atoms with Gasteiger partial charge in [0.25, 0.3) is 5.91 Å². The molecule has 3 heterocycles. The summed E-state index contributed by atoms with van der Waals surface area (Å²) in [4.78, 5) is 41.2. The first-order chi connectivity index (χ1) is 14.6. The molecule has 0 bridgehead atoms. The van der Waals surface area contributed by atoms with Gasteiger partial charge in [0, 0.05) is 49.6 Å². The number of hydrogen-bond donors (Lipinski definition) is 1. The molecule has 0 spiro atoms. The minimum atomic E-state index is -0.373. The number of amides is 2. The molecular formula is C21H22N6O2S. The second-order valence-electron chi connectivity index (χ2n) is 7.07. The summed E-state index contributed by atoms with van der Waals surface area (Å²) in [5, 5.41) is 4.94. The Kier molecular flexibility index (Phi) is 5.99. The number of carbonyl (C=O) groups excluding carboxylic acids is 2. The van der Waals surface area contributed by atoms with Crippen molar-refractivity contribution in [1.29, 1.82) is 0 Å². The number of piperazine rings is 1. The van der Waals surface area contributed by atoms with E-state index in [1.54, 1.807) is 5.38 Å². The van der Waals surface area contributed by atoms with Gasteiger partial charge >= 0.3 is 0 Å². The first-order valence-corrected chi connectivity index (χ1v) is 10.6. The number of nitrogens with one attached hydrogen (secondary N) is 1. The lowest BCUT2D eigenvalue weighted by molar-refractivity contribution is -0.130. The number of aromatic nitrogens is 3. The molecule has 0 aliphatic carbocycles. The molecule has 4 rings (SSSR count). The monoisotopic (exact) mass is 422 g/mol. The molecule has 1 aliphatic heterocycles. The van der Waals surface area contributed by atoms with Crippen molar-refractivity contribution >= 4 is 34.0 Å². The number of nitrogens with zero attached hydrogens (tertiary/aromatic N) is 5. The van der Waals surface area contributed by atoms with E-state index in [1.807, 2.05) is 4.90 Å². The van der Waals surface area contributed by atoms with Crippen LogP contribution in [-0.4, -0.2) is 57.8 Å². The molecule has 1 saturated heterocycles. The Hall–Kier alpha value is -3.33. The Morgan fingerprint density at radius 2 is 2.00 bits per heavy atom. The third kappa shape index (κ3) is 4.80. The molecule has 1 aromatic carbocycles. The largest absolute Gasteiger partial charge is 0.368 e. The maximum Gasteiger partial charge on any atom is 0.277 e. The van der Waals surface area contributed by atoms with Gasteiger partial charge in [0.05, 0.1) is 18.3 Å². The topological polar surface area (TPSA) is 91.3 Å². The normalized spacial score (nSPS) is 13.9. The van der Waals surface area contributed by atoms with Gasteiger partial charge in [0.1, 0.15) is 5.69 Å². The lowest BCUT2D eigenvalue weighted by Crippen LogP contribution is -2.49. The lowest BCUT2D eigenvalue weighted by Gasteiger charge is -2.36. The fraction of sp³-hybridized carbons (Fsp3) is 0.286. The minimum Gasteiger partial charge on any atom is -0.368 e. The van der Waals surface area contributed by atoms with Crippen LogP contribution in [0.2, 0.25) is 0 Å². The summed E-state index contributed by atoms with van der Waals surface area (Å²) >= 11 is 1.29. The van der Waals surface area contributed by atoms with Crippen molar-refractivity contribution in [2.24, 2.45) is 0 Å². The zero-order valence-corrected chi connectivity index (χ0v) is 17.4. The van der Waals surface area contributed by atoms with Crippen LogP contribution < -0.4 is 10.2 Å². The maximum absolute atomic E-state index is 12.7. The Bertz CT molecular complexity index is 1030. The highest BCUT2D eigenvalue weighted by Crippen LogP contribution is 2.20. The van der Waals surface area contributed by atoms with E-state index >= 15 is 0 Å². The van der Waals surface area contributed by atoms with Crippen LogP contribution in [0.4, 0.5) is 10.8 Å². The Morgan fingerprint density at radius 1 is 1.17 bits per heavy atom. The molecule has 0 unspecified atom stereocenters. The number of benzene rings is 1. The van der Waals surface area contributed by atoms with E-state index in [4.69, 9.17) is 0 Å². The van der Waals surface area contributed by atoms with Gasteiger partial charge in [-0.1, -0.05) is 12.1 Å². The first-order valence-electron chi connectivity index (χ1n) is 9.69. The molecule has 2 aromatic heterocycles. The van der Waals surface area contributed by atoms with E-state index in [0.717, 1.165) is 13.1 Å². The Morgan fingerprint density at radius 3 is 2.73 bits per heavy atom. The summed E-state index contributed by atoms with van der Waals surface area (Å²) < 4.78 is 0. The molecular weight excluding hydrogens is 400 g/mol. The van der Waals surface area contributed by atoms with Crippen LogP contribution in [-0.2, 0) is 11.2 Å². The van der Waals surface area contributed by atoms with Crippen molar-refractivity contribution in [3.05, 3.63) is 65.2 Å². The molecule has 30 heavy (non-hydrogen) atoms. The van der Waals surface area contributed by atoms with Crippen LogP contribution in [0.1, 0.15) is 21.7 Å². The van der Waals surface area contributed by atoms with E-state index in [9.17, 15) is 9.59 Å². The number of carbonyl (C=O) groups is 2. The van der Waals surface area contributed by atoms with Crippen LogP contribution in [0.25, 0.3) is 0 Å². The molecule has 2 amide bonds. The molecule has 154 valence electrons. The van der Waals surface area contributed by atoms with E-state index in [1.165, 1.54) is 41.2 Å². The van der Waals surface area contributed by atoms with Gasteiger partial charge in [-0.3, -0.25) is 19.9 Å². The molecule has 0 radical (unpaired) electrons. The highest BCUT2D eigenvalue weighted by Gasteiger charge is 2.22.